The third kappa shape index (κ3) is 2.80. The summed E-state index contributed by atoms with van der Waals surface area (Å²) in [5.74, 6) is 1.26. The number of carbonyl (C=O) groups is 2. The first-order chi connectivity index (χ1) is 13.4. The maximum Gasteiger partial charge on any atom is 0.235 e. The van der Waals surface area contributed by atoms with Crippen LogP contribution in [0.5, 0.6) is 5.75 Å². The van der Waals surface area contributed by atoms with Crippen LogP contribution < -0.4 is 10.1 Å². The Bertz CT molecular complexity index is 1070. The molecule has 1 aromatic heterocycles. The molecule has 4 rings (SSSR count). The number of hydrogen-bond acceptors (Lipinski definition) is 4. The number of ether oxygens (including phenoxy) is 1. The predicted octanol–water partition coefficient (Wildman–Crippen LogP) is 4.61. The molecular weight excluding hydrogens is 354 g/mol. The topological polar surface area (TPSA) is 68.5 Å². The van der Waals surface area contributed by atoms with Crippen LogP contribution in [0.15, 0.2) is 59.2 Å². The molecule has 1 atom stereocenters. The van der Waals surface area contributed by atoms with Crippen LogP contribution in [-0.2, 0) is 16.6 Å². The van der Waals surface area contributed by atoms with Gasteiger partial charge in [-0.25, -0.2) is 0 Å². The van der Waals surface area contributed by atoms with Crippen LogP contribution in [0.2, 0.25) is 0 Å². The highest BCUT2D eigenvalue weighted by Gasteiger charge is 2.44. The van der Waals surface area contributed by atoms with Gasteiger partial charge in [-0.15, -0.1) is 0 Å². The molecule has 0 fully saturated rings. The minimum absolute atomic E-state index is 0.0227. The first-order valence-corrected chi connectivity index (χ1v) is 9.10. The molecule has 1 aliphatic rings. The van der Waals surface area contributed by atoms with Crippen molar-refractivity contribution >= 4 is 17.4 Å². The Labute approximate surface area is 163 Å². The first kappa shape index (κ1) is 18.0. The summed E-state index contributed by atoms with van der Waals surface area (Å²) < 4.78 is 11.0. The number of furan rings is 1. The van der Waals surface area contributed by atoms with E-state index in [2.05, 4.69) is 5.32 Å². The zero-order chi connectivity index (χ0) is 19.9. The Morgan fingerprint density at radius 2 is 2.00 bits per heavy atom. The van der Waals surface area contributed by atoms with Gasteiger partial charge in [0, 0.05) is 11.1 Å². The van der Waals surface area contributed by atoms with Crippen molar-refractivity contribution in [3.05, 3.63) is 71.5 Å². The Hall–Kier alpha value is -3.34. The standard InChI is InChI=1S/C23H21NO4/c1-14(25)15-9-10-19(27-3)16(12-15)13-23(2)18-7-4-6-17(20-8-5-11-28-20)21(18)24-22(23)26/h4-12H,13H2,1-3H3,(H,24,26). The van der Waals surface area contributed by atoms with Gasteiger partial charge in [-0.1, -0.05) is 12.1 Å². The Balaban J connectivity index is 1.81. The number of ketones is 1. The van der Waals surface area contributed by atoms with Crippen molar-refractivity contribution in [1.82, 2.24) is 0 Å². The highest BCUT2D eigenvalue weighted by atomic mass is 16.5. The molecule has 5 heteroatoms. The fourth-order valence-electron chi connectivity index (χ4n) is 3.85. The van der Waals surface area contributed by atoms with E-state index in [1.807, 2.05) is 43.3 Å². The number of Topliss-reactive ketones (excluding diaryl/α,β-unsaturated/α-hetero) is 1. The lowest BCUT2D eigenvalue weighted by atomic mass is 9.77. The van der Waals surface area contributed by atoms with Crippen LogP contribution in [-0.4, -0.2) is 18.8 Å². The molecule has 0 spiro atoms. The molecule has 2 heterocycles. The summed E-state index contributed by atoms with van der Waals surface area (Å²) in [5, 5.41) is 3.03. The molecule has 5 nitrogen and oxygen atoms in total. The number of carbonyl (C=O) groups excluding carboxylic acids is 2. The van der Waals surface area contributed by atoms with Crippen LogP contribution in [0.3, 0.4) is 0 Å². The molecule has 3 aromatic rings. The highest BCUT2D eigenvalue weighted by Crippen LogP contribution is 2.45. The second kappa shape index (κ2) is 6.68. The van der Waals surface area contributed by atoms with Gasteiger partial charge in [0.15, 0.2) is 5.78 Å². The van der Waals surface area contributed by atoms with Crippen molar-refractivity contribution in [2.75, 3.05) is 12.4 Å². The molecule has 142 valence electrons. The molecule has 0 bridgehead atoms. The zero-order valence-electron chi connectivity index (χ0n) is 16.0. The minimum Gasteiger partial charge on any atom is -0.496 e. The lowest BCUT2D eigenvalue weighted by Gasteiger charge is -2.24. The number of benzene rings is 2. The van der Waals surface area contributed by atoms with E-state index in [1.54, 1.807) is 25.5 Å². The van der Waals surface area contributed by atoms with Crippen molar-refractivity contribution in [3.63, 3.8) is 0 Å². The van der Waals surface area contributed by atoms with Gasteiger partial charge < -0.3 is 14.5 Å². The van der Waals surface area contributed by atoms with E-state index < -0.39 is 5.41 Å². The summed E-state index contributed by atoms with van der Waals surface area (Å²) in [6.45, 7) is 3.44. The smallest absolute Gasteiger partial charge is 0.235 e. The van der Waals surface area contributed by atoms with Gasteiger partial charge in [0.1, 0.15) is 11.5 Å². The van der Waals surface area contributed by atoms with Gasteiger partial charge in [0.05, 0.1) is 24.5 Å². The number of rotatable bonds is 5. The van der Waals surface area contributed by atoms with Gasteiger partial charge in [-0.3, -0.25) is 9.59 Å². The fourth-order valence-corrected chi connectivity index (χ4v) is 3.85. The third-order valence-corrected chi connectivity index (χ3v) is 5.42. The van der Waals surface area contributed by atoms with E-state index in [0.29, 0.717) is 23.5 Å². The number of hydrogen-bond donors (Lipinski definition) is 1. The van der Waals surface area contributed by atoms with Crippen LogP contribution in [0.1, 0.15) is 35.3 Å². The van der Waals surface area contributed by atoms with E-state index in [-0.39, 0.29) is 11.7 Å². The van der Waals surface area contributed by atoms with E-state index in [0.717, 1.165) is 22.4 Å². The maximum absolute atomic E-state index is 13.0. The summed E-state index contributed by atoms with van der Waals surface area (Å²) in [6.07, 6.45) is 2.03. The number of methoxy groups -OCH3 is 1. The number of para-hydroxylation sites is 1. The molecule has 1 unspecified atom stereocenters. The Morgan fingerprint density at radius 1 is 1.18 bits per heavy atom. The third-order valence-electron chi connectivity index (χ3n) is 5.42. The van der Waals surface area contributed by atoms with Crippen LogP contribution >= 0.6 is 0 Å². The Kier molecular flexibility index (Phi) is 4.30. The number of amides is 1. The van der Waals surface area contributed by atoms with E-state index >= 15 is 0 Å². The summed E-state index contributed by atoms with van der Waals surface area (Å²) in [6, 6.07) is 14.8. The maximum atomic E-state index is 13.0. The van der Waals surface area contributed by atoms with Crippen molar-refractivity contribution in [2.45, 2.75) is 25.7 Å². The quantitative estimate of drug-likeness (QED) is 0.661. The number of fused-ring (bicyclic) bond motifs is 1. The Morgan fingerprint density at radius 3 is 2.68 bits per heavy atom. The molecule has 1 amide bonds. The van der Waals surface area contributed by atoms with E-state index in [9.17, 15) is 9.59 Å². The van der Waals surface area contributed by atoms with Gasteiger partial charge in [0.25, 0.3) is 0 Å². The average Bonchev–Trinajstić information content (AvgIpc) is 3.29. The zero-order valence-corrected chi connectivity index (χ0v) is 16.0. The molecule has 0 aliphatic carbocycles. The van der Waals surface area contributed by atoms with Crippen molar-refractivity contribution in [3.8, 4) is 17.1 Å². The van der Waals surface area contributed by atoms with Crippen molar-refractivity contribution < 1.29 is 18.7 Å². The van der Waals surface area contributed by atoms with Crippen molar-refractivity contribution in [2.24, 2.45) is 0 Å². The highest BCUT2D eigenvalue weighted by molar-refractivity contribution is 6.09. The molecule has 2 aromatic carbocycles. The molecule has 0 radical (unpaired) electrons. The molecule has 28 heavy (non-hydrogen) atoms. The van der Waals surface area contributed by atoms with Crippen LogP contribution in [0, 0.1) is 0 Å². The summed E-state index contributed by atoms with van der Waals surface area (Å²) >= 11 is 0. The fraction of sp³-hybridized carbons (Fsp3) is 0.217. The minimum atomic E-state index is -0.791. The van der Waals surface area contributed by atoms with E-state index in [4.69, 9.17) is 9.15 Å². The lowest BCUT2D eigenvalue weighted by molar-refractivity contribution is -0.120. The van der Waals surface area contributed by atoms with E-state index in [1.165, 1.54) is 6.92 Å². The van der Waals surface area contributed by atoms with Gasteiger partial charge in [-0.2, -0.15) is 0 Å². The van der Waals surface area contributed by atoms with Gasteiger partial charge in [-0.05, 0) is 67.8 Å². The predicted molar refractivity (Wildman–Crippen MR) is 107 cm³/mol. The molecular formula is C23H21NO4. The second-order valence-electron chi connectivity index (χ2n) is 7.25. The number of nitrogens with one attached hydrogen (secondary N) is 1. The molecule has 0 saturated heterocycles. The normalized spacial score (nSPS) is 17.9. The molecule has 0 saturated carbocycles. The first-order valence-electron chi connectivity index (χ1n) is 9.10. The summed E-state index contributed by atoms with van der Waals surface area (Å²) in [4.78, 5) is 24.9. The second-order valence-corrected chi connectivity index (χ2v) is 7.25. The largest absolute Gasteiger partial charge is 0.496 e. The number of anilines is 1. The summed E-state index contributed by atoms with van der Waals surface area (Å²) in [7, 11) is 1.59. The van der Waals surface area contributed by atoms with Gasteiger partial charge >= 0.3 is 0 Å². The SMILES string of the molecule is COc1ccc(C(C)=O)cc1CC1(C)C(=O)Nc2c(-c3ccco3)cccc21. The molecule has 1 N–H and O–H groups in total. The molecule has 1 aliphatic heterocycles. The summed E-state index contributed by atoms with van der Waals surface area (Å²) in [5.41, 5.74) is 3.16. The van der Waals surface area contributed by atoms with Crippen molar-refractivity contribution in [1.29, 1.82) is 0 Å². The van der Waals surface area contributed by atoms with Crippen LogP contribution in [0.25, 0.3) is 11.3 Å². The lowest BCUT2D eigenvalue weighted by Crippen LogP contribution is -2.33. The average molecular weight is 375 g/mol. The van der Waals surface area contributed by atoms with Gasteiger partial charge in [0.2, 0.25) is 5.91 Å². The van der Waals surface area contributed by atoms with Crippen LogP contribution in [0.4, 0.5) is 5.69 Å². The monoisotopic (exact) mass is 375 g/mol.